The first-order valence-electron chi connectivity index (χ1n) is 10.8. The van der Waals surface area contributed by atoms with E-state index >= 15 is 0 Å². The lowest BCUT2D eigenvalue weighted by Gasteiger charge is -2.17. The van der Waals surface area contributed by atoms with E-state index in [2.05, 4.69) is 10.3 Å². The number of aromatic nitrogens is 1. The molecule has 166 valence electrons. The molecule has 1 saturated heterocycles. The predicted octanol–water partition coefficient (Wildman–Crippen LogP) is 5.56. The van der Waals surface area contributed by atoms with Crippen molar-refractivity contribution in [2.75, 3.05) is 23.3 Å². The van der Waals surface area contributed by atoms with Gasteiger partial charge < -0.3 is 14.6 Å². The first-order chi connectivity index (χ1) is 16.0. The Balaban J connectivity index is 1.39. The number of nitrogens with zero attached hydrogens (tertiary/aromatic N) is 3. The summed E-state index contributed by atoms with van der Waals surface area (Å²) >= 11 is 0. The van der Waals surface area contributed by atoms with Crippen molar-refractivity contribution in [3.8, 4) is 11.5 Å². The average molecular weight is 442 g/mol. The fraction of sp³-hybridized carbons (Fsp3) is 0.200. The maximum Gasteiger partial charge on any atom is 0.293 e. The van der Waals surface area contributed by atoms with Crippen molar-refractivity contribution in [1.82, 2.24) is 4.98 Å². The van der Waals surface area contributed by atoms with Crippen LogP contribution in [0, 0.1) is 17.0 Å². The second-order valence-corrected chi connectivity index (χ2v) is 8.18. The molecule has 0 bridgehead atoms. The minimum absolute atomic E-state index is 0.0563. The van der Waals surface area contributed by atoms with Crippen molar-refractivity contribution in [1.29, 1.82) is 0 Å². The van der Waals surface area contributed by atoms with E-state index < -0.39 is 10.8 Å². The summed E-state index contributed by atoms with van der Waals surface area (Å²) in [5, 5.41) is 14.4. The van der Waals surface area contributed by atoms with Gasteiger partial charge in [0.2, 0.25) is 5.89 Å². The van der Waals surface area contributed by atoms with Crippen LogP contribution in [0.2, 0.25) is 0 Å². The SMILES string of the molecule is Cc1ccc(-c2nc3cc(NC(=O)c4ccc(N5CCCC5)c([N+](=O)[O-])c4)ccc3o2)cc1. The van der Waals surface area contributed by atoms with E-state index in [1.807, 2.05) is 36.1 Å². The van der Waals surface area contributed by atoms with E-state index in [1.165, 1.54) is 6.07 Å². The second-order valence-electron chi connectivity index (χ2n) is 8.18. The Hall–Kier alpha value is -4.20. The maximum absolute atomic E-state index is 12.8. The molecule has 1 amide bonds. The molecule has 33 heavy (non-hydrogen) atoms. The number of anilines is 2. The Labute approximate surface area is 190 Å². The Morgan fingerprint density at radius 1 is 1.06 bits per heavy atom. The van der Waals surface area contributed by atoms with Gasteiger partial charge in [0, 0.05) is 36.0 Å². The van der Waals surface area contributed by atoms with Crippen LogP contribution in [0.25, 0.3) is 22.6 Å². The van der Waals surface area contributed by atoms with Gasteiger partial charge in [0.05, 0.1) is 4.92 Å². The first-order valence-corrected chi connectivity index (χ1v) is 10.8. The van der Waals surface area contributed by atoms with Gasteiger partial charge in [-0.1, -0.05) is 17.7 Å². The molecule has 2 heterocycles. The van der Waals surface area contributed by atoms with Crippen LogP contribution >= 0.6 is 0 Å². The number of rotatable bonds is 5. The molecule has 3 aromatic carbocycles. The number of oxazole rings is 1. The van der Waals surface area contributed by atoms with Gasteiger partial charge in [0.1, 0.15) is 11.2 Å². The van der Waals surface area contributed by atoms with E-state index in [0.29, 0.717) is 28.4 Å². The van der Waals surface area contributed by atoms with Gasteiger partial charge in [0.15, 0.2) is 5.58 Å². The molecule has 8 nitrogen and oxygen atoms in total. The summed E-state index contributed by atoms with van der Waals surface area (Å²) in [5.41, 5.74) is 4.49. The van der Waals surface area contributed by atoms with E-state index in [4.69, 9.17) is 4.42 Å². The van der Waals surface area contributed by atoms with Crippen molar-refractivity contribution in [2.45, 2.75) is 19.8 Å². The summed E-state index contributed by atoms with van der Waals surface area (Å²) in [6.45, 7) is 3.59. The fourth-order valence-electron chi connectivity index (χ4n) is 4.06. The molecule has 1 aliphatic rings. The minimum atomic E-state index is -0.432. The topological polar surface area (TPSA) is 102 Å². The molecule has 1 fully saturated rings. The van der Waals surface area contributed by atoms with Gasteiger partial charge in [0.25, 0.3) is 11.6 Å². The lowest BCUT2D eigenvalue weighted by Crippen LogP contribution is -2.19. The summed E-state index contributed by atoms with van der Waals surface area (Å²) in [7, 11) is 0. The number of hydrogen-bond acceptors (Lipinski definition) is 6. The lowest BCUT2D eigenvalue weighted by atomic mass is 10.1. The van der Waals surface area contributed by atoms with Gasteiger partial charge in [-0.2, -0.15) is 0 Å². The third kappa shape index (κ3) is 4.15. The van der Waals surface area contributed by atoms with Crippen LogP contribution in [0.15, 0.2) is 65.1 Å². The number of nitrogens with one attached hydrogen (secondary N) is 1. The quantitative estimate of drug-likeness (QED) is 0.321. The maximum atomic E-state index is 12.8. The Bertz CT molecular complexity index is 1350. The number of aryl methyl sites for hydroxylation is 1. The minimum Gasteiger partial charge on any atom is -0.436 e. The highest BCUT2D eigenvalue weighted by Crippen LogP contribution is 2.32. The van der Waals surface area contributed by atoms with Gasteiger partial charge in [-0.25, -0.2) is 4.98 Å². The number of fused-ring (bicyclic) bond motifs is 1. The number of carbonyl (C=O) groups excluding carboxylic acids is 1. The number of carbonyl (C=O) groups is 1. The third-order valence-electron chi connectivity index (χ3n) is 5.83. The number of nitro groups is 1. The molecular weight excluding hydrogens is 420 g/mol. The monoisotopic (exact) mass is 442 g/mol. The number of nitro benzene ring substituents is 1. The predicted molar refractivity (Wildman–Crippen MR) is 127 cm³/mol. The fourth-order valence-corrected chi connectivity index (χ4v) is 4.06. The standard InChI is InChI=1S/C25H22N4O4/c1-16-4-6-17(7-5-16)25-27-20-15-19(9-11-23(20)33-25)26-24(30)18-8-10-21(22(14-18)29(31)32)28-12-2-3-13-28/h4-11,14-15H,2-3,12-13H2,1H3,(H,26,30). The van der Waals surface area contributed by atoms with Crippen LogP contribution in [-0.2, 0) is 0 Å². The molecule has 1 N–H and O–H groups in total. The van der Waals surface area contributed by atoms with Crippen molar-refractivity contribution < 1.29 is 14.1 Å². The largest absolute Gasteiger partial charge is 0.436 e. The van der Waals surface area contributed by atoms with E-state index in [9.17, 15) is 14.9 Å². The zero-order valence-corrected chi connectivity index (χ0v) is 18.1. The van der Waals surface area contributed by atoms with Crippen LogP contribution in [0.1, 0.15) is 28.8 Å². The van der Waals surface area contributed by atoms with E-state index in [1.54, 1.807) is 30.3 Å². The van der Waals surface area contributed by atoms with Crippen molar-refractivity contribution >= 4 is 34.1 Å². The van der Waals surface area contributed by atoms with Crippen LogP contribution in [-0.4, -0.2) is 28.9 Å². The highest BCUT2D eigenvalue weighted by molar-refractivity contribution is 6.05. The summed E-state index contributed by atoms with van der Waals surface area (Å²) in [6.07, 6.45) is 2.02. The summed E-state index contributed by atoms with van der Waals surface area (Å²) in [6, 6.07) is 17.7. The number of amides is 1. The van der Waals surface area contributed by atoms with Crippen LogP contribution < -0.4 is 10.2 Å². The van der Waals surface area contributed by atoms with E-state index in [-0.39, 0.29) is 11.3 Å². The normalized spacial score (nSPS) is 13.4. The highest BCUT2D eigenvalue weighted by atomic mass is 16.6. The molecule has 1 aromatic heterocycles. The van der Waals surface area contributed by atoms with Gasteiger partial charge in [-0.3, -0.25) is 14.9 Å². The molecule has 0 saturated carbocycles. The summed E-state index contributed by atoms with van der Waals surface area (Å²) in [5.74, 6) is 0.0780. The van der Waals surface area contributed by atoms with Crippen LogP contribution in [0.4, 0.5) is 17.1 Å². The molecule has 5 rings (SSSR count). The van der Waals surface area contributed by atoms with Gasteiger partial charge in [-0.15, -0.1) is 0 Å². The zero-order valence-electron chi connectivity index (χ0n) is 18.1. The smallest absolute Gasteiger partial charge is 0.293 e. The Morgan fingerprint density at radius 3 is 2.55 bits per heavy atom. The third-order valence-corrected chi connectivity index (χ3v) is 5.83. The molecule has 0 spiro atoms. The Kier molecular flexibility index (Phi) is 5.26. The van der Waals surface area contributed by atoms with Crippen molar-refractivity contribution in [2.24, 2.45) is 0 Å². The van der Waals surface area contributed by atoms with Gasteiger partial charge >= 0.3 is 0 Å². The molecule has 8 heteroatoms. The molecule has 0 aliphatic carbocycles. The van der Waals surface area contributed by atoms with Crippen LogP contribution in [0.5, 0.6) is 0 Å². The number of hydrogen-bond donors (Lipinski definition) is 1. The molecule has 0 radical (unpaired) electrons. The van der Waals surface area contributed by atoms with Gasteiger partial charge in [-0.05, 0) is 62.2 Å². The first kappa shape index (κ1) is 20.7. The molecule has 0 unspecified atom stereocenters. The molecule has 1 aliphatic heterocycles. The molecule has 0 atom stereocenters. The Morgan fingerprint density at radius 2 is 1.82 bits per heavy atom. The zero-order chi connectivity index (χ0) is 22.9. The molecular formula is C25H22N4O4. The van der Waals surface area contributed by atoms with E-state index in [0.717, 1.165) is 37.1 Å². The summed E-state index contributed by atoms with van der Waals surface area (Å²) in [4.78, 5) is 30.5. The summed E-state index contributed by atoms with van der Waals surface area (Å²) < 4.78 is 5.84. The second kappa shape index (κ2) is 8.38. The van der Waals surface area contributed by atoms with Crippen LogP contribution in [0.3, 0.4) is 0 Å². The van der Waals surface area contributed by atoms with Crippen molar-refractivity contribution in [3.05, 3.63) is 81.9 Å². The lowest BCUT2D eigenvalue weighted by molar-refractivity contribution is -0.384. The average Bonchev–Trinajstić information content (AvgIpc) is 3.49. The molecule has 4 aromatic rings. The number of benzene rings is 3. The highest BCUT2D eigenvalue weighted by Gasteiger charge is 2.24. The van der Waals surface area contributed by atoms with Crippen molar-refractivity contribution in [3.63, 3.8) is 0 Å².